The number of halogens is 4. The third-order valence-electron chi connectivity index (χ3n) is 1.76. The van der Waals surface area contributed by atoms with Gasteiger partial charge in [0.15, 0.2) is 0 Å². The molecule has 1 rings (SSSR count). The van der Waals surface area contributed by atoms with E-state index in [4.69, 9.17) is 5.11 Å². The number of hydrogen-bond donors (Lipinski definition) is 1. The van der Waals surface area contributed by atoms with Crippen molar-refractivity contribution in [3.8, 4) is 0 Å². The van der Waals surface area contributed by atoms with Gasteiger partial charge in [0.1, 0.15) is 4.60 Å². The fraction of sp³-hybridized carbons (Fsp3) is 0.250. The number of pyridine rings is 1. The molecule has 0 radical (unpaired) electrons. The van der Waals surface area contributed by atoms with Gasteiger partial charge < -0.3 is 5.11 Å². The Labute approximate surface area is 101 Å². The lowest BCUT2D eigenvalue weighted by Crippen LogP contribution is -2.07. The minimum Gasteiger partial charge on any atom is -0.478 e. The minimum absolute atomic E-state index is 0.0306. The van der Waals surface area contributed by atoms with Crippen LogP contribution in [0.2, 0.25) is 0 Å². The number of nitrogens with zero attached hydrogens (tertiary/aromatic N) is 1. The zero-order valence-electron chi connectivity index (χ0n) is 7.18. The highest BCUT2D eigenvalue weighted by Gasteiger charge is 2.22. The van der Waals surface area contributed by atoms with Crippen molar-refractivity contribution in [1.82, 2.24) is 4.98 Å². The second kappa shape index (κ2) is 4.98. The van der Waals surface area contributed by atoms with Crippen molar-refractivity contribution in [3.63, 3.8) is 0 Å². The average Bonchev–Trinajstić information content (AvgIpc) is 2.15. The molecule has 0 atom stereocenters. The summed E-state index contributed by atoms with van der Waals surface area (Å²) in [5.74, 6) is -1.27. The predicted molar refractivity (Wildman–Crippen MR) is 56.5 cm³/mol. The number of carboxylic acids is 1. The first-order valence-electron chi connectivity index (χ1n) is 3.73. The van der Waals surface area contributed by atoms with Crippen LogP contribution in [0.5, 0.6) is 0 Å². The fourth-order valence-corrected chi connectivity index (χ4v) is 2.21. The summed E-state index contributed by atoms with van der Waals surface area (Å²) < 4.78 is 25.2. The summed E-state index contributed by atoms with van der Waals surface area (Å²) in [5, 5.41) is 8.81. The van der Waals surface area contributed by atoms with E-state index in [2.05, 4.69) is 36.8 Å². The van der Waals surface area contributed by atoms with Gasteiger partial charge in [0.05, 0.1) is 11.1 Å². The Morgan fingerprint density at radius 2 is 2.20 bits per heavy atom. The lowest BCUT2D eigenvalue weighted by Gasteiger charge is -2.10. The molecule has 0 aliphatic heterocycles. The molecule has 15 heavy (non-hydrogen) atoms. The number of hydrogen-bond acceptors (Lipinski definition) is 2. The molecular formula is C8H5Br2F2NO2. The minimum atomic E-state index is -2.77. The van der Waals surface area contributed by atoms with Crippen molar-refractivity contribution in [3.05, 3.63) is 27.5 Å². The molecule has 82 valence electrons. The smallest absolute Gasteiger partial charge is 0.337 e. The van der Waals surface area contributed by atoms with Gasteiger partial charge in [-0.15, -0.1) is 0 Å². The maximum atomic E-state index is 12.6. The van der Waals surface area contributed by atoms with E-state index < -0.39 is 12.4 Å². The molecule has 1 aromatic rings. The second-order valence-corrected chi connectivity index (χ2v) is 3.91. The van der Waals surface area contributed by atoms with Crippen molar-refractivity contribution in [2.24, 2.45) is 0 Å². The van der Waals surface area contributed by atoms with Crippen LogP contribution in [0.15, 0.2) is 10.8 Å². The number of alkyl halides is 3. The summed E-state index contributed by atoms with van der Waals surface area (Å²) >= 11 is 5.85. The summed E-state index contributed by atoms with van der Waals surface area (Å²) in [5.41, 5.74) is -0.559. The van der Waals surface area contributed by atoms with Gasteiger partial charge in [0.2, 0.25) is 0 Å². The van der Waals surface area contributed by atoms with Crippen LogP contribution in [0.4, 0.5) is 8.78 Å². The van der Waals surface area contributed by atoms with Crippen LogP contribution in [0, 0.1) is 0 Å². The monoisotopic (exact) mass is 343 g/mol. The van der Waals surface area contributed by atoms with Gasteiger partial charge >= 0.3 is 5.97 Å². The third-order valence-corrected chi connectivity index (χ3v) is 2.95. The van der Waals surface area contributed by atoms with Crippen molar-refractivity contribution in [1.29, 1.82) is 0 Å². The molecular weight excluding hydrogens is 340 g/mol. The maximum Gasteiger partial charge on any atom is 0.337 e. The average molecular weight is 345 g/mol. The summed E-state index contributed by atoms with van der Waals surface area (Å²) in [6.07, 6.45) is -1.71. The van der Waals surface area contributed by atoms with Gasteiger partial charge in [0, 0.05) is 11.5 Å². The first kappa shape index (κ1) is 12.5. The van der Waals surface area contributed by atoms with Crippen LogP contribution in [0.1, 0.15) is 27.9 Å². The van der Waals surface area contributed by atoms with E-state index in [1.165, 1.54) is 0 Å². The molecule has 0 spiro atoms. The van der Waals surface area contributed by atoms with E-state index in [1.807, 2.05) is 0 Å². The van der Waals surface area contributed by atoms with E-state index in [9.17, 15) is 13.6 Å². The highest BCUT2D eigenvalue weighted by atomic mass is 79.9. The number of aromatic carboxylic acids is 1. The zero-order valence-corrected chi connectivity index (χ0v) is 10.3. The molecule has 0 amide bonds. The van der Waals surface area contributed by atoms with Crippen LogP contribution in [0.25, 0.3) is 0 Å². The molecule has 3 nitrogen and oxygen atoms in total. The van der Waals surface area contributed by atoms with Crippen LogP contribution >= 0.6 is 31.9 Å². The van der Waals surface area contributed by atoms with E-state index in [1.54, 1.807) is 0 Å². The van der Waals surface area contributed by atoms with Crippen molar-refractivity contribution in [2.75, 3.05) is 0 Å². The largest absolute Gasteiger partial charge is 0.478 e. The Bertz CT molecular complexity index is 398. The molecule has 0 fully saturated rings. The van der Waals surface area contributed by atoms with Gasteiger partial charge in [0.25, 0.3) is 6.43 Å². The Kier molecular flexibility index (Phi) is 4.15. The molecule has 1 heterocycles. The fourth-order valence-electron chi connectivity index (χ4n) is 1.09. The SMILES string of the molecule is O=C(O)c1cnc(Br)c(C(F)F)c1CBr. The lowest BCUT2D eigenvalue weighted by atomic mass is 10.1. The first-order chi connectivity index (χ1) is 6.99. The quantitative estimate of drug-likeness (QED) is 0.675. The molecule has 0 aliphatic rings. The van der Waals surface area contributed by atoms with Gasteiger partial charge in [-0.1, -0.05) is 15.9 Å². The summed E-state index contributed by atoms with van der Waals surface area (Å²) in [6.45, 7) is 0. The van der Waals surface area contributed by atoms with E-state index in [0.717, 1.165) is 6.20 Å². The molecule has 0 bridgehead atoms. The van der Waals surface area contributed by atoms with Gasteiger partial charge in [-0.05, 0) is 21.5 Å². The Balaban J connectivity index is 3.47. The number of carbonyl (C=O) groups is 1. The number of carboxylic acid groups (broad SMARTS) is 1. The topological polar surface area (TPSA) is 50.2 Å². The molecule has 1 N–H and O–H groups in total. The Hall–Kier alpha value is -0.560. The predicted octanol–water partition coefficient (Wildman–Crippen LogP) is 3.37. The second-order valence-electron chi connectivity index (χ2n) is 2.59. The number of rotatable bonds is 3. The van der Waals surface area contributed by atoms with Crippen molar-refractivity contribution in [2.45, 2.75) is 11.8 Å². The highest BCUT2D eigenvalue weighted by Crippen LogP contribution is 2.32. The van der Waals surface area contributed by atoms with Gasteiger partial charge in [-0.3, -0.25) is 0 Å². The molecule has 0 saturated heterocycles. The standard InChI is InChI=1S/C8H5Br2F2NO2/c9-1-3-4(8(14)15)2-13-6(10)5(3)7(11)12/h2,7H,1H2,(H,14,15). The van der Waals surface area contributed by atoms with E-state index in [0.29, 0.717) is 0 Å². The normalized spacial score (nSPS) is 10.7. The van der Waals surface area contributed by atoms with Gasteiger partial charge in [-0.25, -0.2) is 18.6 Å². The molecule has 7 heteroatoms. The molecule has 0 aromatic carbocycles. The molecule has 0 aliphatic carbocycles. The molecule has 1 aromatic heterocycles. The summed E-state index contributed by atoms with van der Waals surface area (Å²) in [7, 11) is 0. The van der Waals surface area contributed by atoms with Crippen LogP contribution in [-0.2, 0) is 5.33 Å². The van der Waals surface area contributed by atoms with Crippen molar-refractivity contribution >= 4 is 37.8 Å². The first-order valence-corrected chi connectivity index (χ1v) is 5.65. The van der Waals surface area contributed by atoms with E-state index >= 15 is 0 Å². The van der Waals surface area contributed by atoms with Crippen LogP contribution < -0.4 is 0 Å². The Morgan fingerprint density at radius 1 is 1.60 bits per heavy atom. The van der Waals surface area contributed by atoms with Crippen LogP contribution in [0.3, 0.4) is 0 Å². The molecule has 0 saturated carbocycles. The summed E-state index contributed by atoms with van der Waals surface area (Å²) in [4.78, 5) is 14.3. The third kappa shape index (κ3) is 2.52. The van der Waals surface area contributed by atoms with Crippen LogP contribution in [-0.4, -0.2) is 16.1 Å². The Morgan fingerprint density at radius 3 is 2.60 bits per heavy atom. The lowest BCUT2D eigenvalue weighted by molar-refractivity contribution is 0.0695. The number of aromatic nitrogens is 1. The maximum absolute atomic E-state index is 12.6. The summed E-state index contributed by atoms with van der Waals surface area (Å²) in [6, 6.07) is 0. The highest BCUT2D eigenvalue weighted by molar-refractivity contribution is 9.10. The van der Waals surface area contributed by atoms with Crippen molar-refractivity contribution < 1.29 is 18.7 Å². The zero-order chi connectivity index (χ0) is 11.6. The van der Waals surface area contributed by atoms with E-state index in [-0.39, 0.29) is 26.6 Å². The van der Waals surface area contributed by atoms with Gasteiger partial charge in [-0.2, -0.15) is 0 Å². The molecule has 0 unspecified atom stereocenters.